The molecule has 0 bridgehead atoms. The van der Waals surface area contributed by atoms with Crippen molar-refractivity contribution in [3.63, 3.8) is 0 Å². The highest BCUT2D eigenvalue weighted by Crippen LogP contribution is 2.40. The largest absolute Gasteiger partial charge is 0.382 e. The van der Waals surface area contributed by atoms with E-state index in [1.165, 1.54) is 7.11 Å². The fourth-order valence-corrected chi connectivity index (χ4v) is 1.31. The summed E-state index contributed by atoms with van der Waals surface area (Å²) in [5.74, 6) is 0. The van der Waals surface area contributed by atoms with Gasteiger partial charge < -0.3 is 19.9 Å². The number of rotatable bonds is 6. The normalized spacial score (nSPS) is 16.3. The second-order valence-electron chi connectivity index (χ2n) is 1.98. The van der Waals surface area contributed by atoms with Gasteiger partial charge in [0.05, 0.1) is 19.4 Å². The van der Waals surface area contributed by atoms with Crippen LogP contribution >= 0.6 is 7.60 Å². The molecular weight excluding hydrogens is 169 g/mol. The molecule has 3 N–H and O–H groups in total. The van der Waals surface area contributed by atoms with Crippen LogP contribution in [0.25, 0.3) is 0 Å². The van der Waals surface area contributed by atoms with Crippen LogP contribution in [0, 0.1) is 0 Å². The Morgan fingerprint density at radius 2 is 2.18 bits per heavy atom. The van der Waals surface area contributed by atoms with E-state index in [0.717, 1.165) is 0 Å². The highest BCUT2D eigenvalue weighted by molar-refractivity contribution is 7.52. The van der Waals surface area contributed by atoms with Gasteiger partial charge in [-0.3, -0.25) is 4.57 Å². The zero-order valence-corrected chi connectivity index (χ0v) is 7.42. The number of hydrogen-bond acceptors (Lipinski definition) is 4. The van der Waals surface area contributed by atoms with Gasteiger partial charge in [-0.05, 0) is 0 Å². The molecule has 0 rings (SSSR count). The van der Waals surface area contributed by atoms with E-state index in [2.05, 4.69) is 9.26 Å². The lowest BCUT2D eigenvalue weighted by molar-refractivity contribution is 0.137. The Morgan fingerprint density at radius 3 is 2.64 bits per heavy atom. The minimum atomic E-state index is -3.43. The van der Waals surface area contributed by atoms with Gasteiger partial charge in [-0.1, -0.05) is 0 Å². The van der Waals surface area contributed by atoms with Crippen molar-refractivity contribution in [2.75, 3.05) is 33.0 Å². The summed E-state index contributed by atoms with van der Waals surface area (Å²) in [4.78, 5) is 8.94. The minimum Gasteiger partial charge on any atom is -0.382 e. The van der Waals surface area contributed by atoms with E-state index < -0.39 is 7.60 Å². The number of hydrogen-bond donors (Lipinski definition) is 2. The van der Waals surface area contributed by atoms with Gasteiger partial charge >= 0.3 is 7.60 Å². The molecule has 0 amide bonds. The molecule has 0 heterocycles. The van der Waals surface area contributed by atoms with Gasteiger partial charge in [-0.2, -0.15) is 0 Å². The second-order valence-corrected chi connectivity index (χ2v) is 3.96. The topological polar surface area (TPSA) is 81.8 Å². The third-order valence-electron chi connectivity index (χ3n) is 0.992. The summed E-state index contributed by atoms with van der Waals surface area (Å²) in [6.45, 7) is 0.597. The van der Waals surface area contributed by atoms with Crippen molar-refractivity contribution in [2.24, 2.45) is 5.73 Å². The second kappa shape index (κ2) is 5.69. The molecule has 6 heteroatoms. The van der Waals surface area contributed by atoms with Gasteiger partial charge in [0.1, 0.15) is 0 Å². The Kier molecular flexibility index (Phi) is 5.72. The Hall–Kier alpha value is 0.0700. The molecule has 0 aliphatic rings. The van der Waals surface area contributed by atoms with E-state index in [4.69, 9.17) is 10.6 Å². The molecule has 0 aromatic rings. The molecule has 0 radical (unpaired) electrons. The molecule has 0 spiro atoms. The molecule has 0 aromatic carbocycles. The monoisotopic (exact) mass is 183 g/mol. The minimum absolute atomic E-state index is 0.00326. The van der Waals surface area contributed by atoms with Crippen molar-refractivity contribution in [3.8, 4) is 0 Å². The van der Waals surface area contributed by atoms with Gasteiger partial charge in [0.2, 0.25) is 0 Å². The van der Waals surface area contributed by atoms with E-state index in [-0.39, 0.29) is 19.3 Å². The van der Waals surface area contributed by atoms with Crippen molar-refractivity contribution in [2.45, 2.75) is 0 Å². The van der Waals surface area contributed by atoms with Crippen LogP contribution in [-0.2, 0) is 13.8 Å². The van der Waals surface area contributed by atoms with Crippen LogP contribution in [0.1, 0.15) is 0 Å². The van der Waals surface area contributed by atoms with E-state index in [1.807, 2.05) is 0 Å². The van der Waals surface area contributed by atoms with Gasteiger partial charge in [0.15, 0.2) is 0 Å². The smallest absolute Gasteiger partial charge is 0.329 e. The third kappa shape index (κ3) is 6.47. The van der Waals surface area contributed by atoms with Crippen LogP contribution in [0.2, 0.25) is 0 Å². The molecule has 1 unspecified atom stereocenters. The maximum absolute atomic E-state index is 10.9. The summed E-state index contributed by atoms with van der Waals surface area (Å²) in [5, 5.41) is 0. The van der Waals surface area contributed by atoms with Crippen molar-refractivity contribution < 1.29 is 18.7 Å². The molecule has 0 saturated heterocycles. The predicted octanol–water partition coefficient (Wildman–Crippen LogP) is -0.207. The molecule has 0 aliphatic heterocycles. The Labute approximate surface area is 66.0 Å². The molecule has 0 aromatic heterocycles. The molecule has 0 aliphatic carbocycles. The van der Waals surface area contributed by atoms with Gasteiger partial charge in [0, 0.05) is 13.7 Å². The summed E-state index contributed by atoms with van der Waals surface area (Å²) in [7, 11) is -1.93. The van der Waals surface area contributed by atoms with E-state index >= 15 is 0 Å². The fraction of sp³-hybridized carbons (Fsp3) is 1.00. The lowest BCUT2D eigenvalue weighted by Gasteiger charge is -2.09. The first-order valence-electron chi connectivity index (χ1n) is 3.28. The number of nitrogens with two attached hydrogens (primary N) is 1. The standard InChI is InChI=1S/C5H14NO4P/c1-9-3-4-10-11(7,8)5-2-6/h2-6H2,1H3,(H,7,8). The van der Waals surface area contributed by atoms with Crippen LogP contribution in [0.4, 0.5) is 0 Å². The van der Waals surface area contributed by atoms with Crippen LogP contribution in [0.3, 0.4) is 0 Å². The van der Waals surface area contributed by atoms with Gasteiger partial charge in [-0.25, -0.2) is 0 Å². The third-order valence-corrected chi connectivity index (χ3v) is 2.40. The summed E-state index contributed by atoms with van der Waals surface area (Å²) in [6, 6.07) is 0. The summed E-state index contributed by atoms with van der Waals surface area (Å²) < 4.78 is 20.1. The highest BCUT2D eigenvalue weighted by atomic mass is 31.2. The first kappa shape index (κ1) is 11.1. The van der Waals surface area contributed by atoms with Gasteiger partial charge in [-0.15, -0.1) is 0 Å². The summed E-state index contributed by atoms with van der Waals surface area (Å²) in [6.07, 6.45) is -0.00326. The first-order valence-corrected chi connectivity index (χ1v) is 5.04. The van der Waals surface area contributed by atoms with E-state index in [1.54, 1.807) is 0 Å². The SMILES string of the molecule is COCCOP(=O)(O)CCN. The highest BCUT2D eigenvalue weighted by Gasteiger charge is 2.16. The van der Waals surface area contributed by atoms with E-state index in [9.17, 15) is 4.57 Å². The average molecular weight is 183 g/mol. The van der Waals surface area contributed by atoms with Crippen molar-refractivity contribution in [3.05, 3.63) is 0 Å². The van der Waals surface area contributed by atoms with Crippen molar-refractivity contribution in [1.82, 2.24) is 0 Å². The predicted molar refractivity (Wildman–Crippen MR) is 41.6 cm³/mol. The fourth-order valence-electron chi connectivity index (χ4n) is 0.491. The molecule has 0 fully saturated rings. The Morgan fingerprint density at radius 1 is 1.55 bits per heavy atom. The quantitative estimate of drug-likeness (QED) is 0.440. The van der Waals surface area contributed by atoms with E-state index in [0.29, 0.717) is 6.61 Å². The maximum atomic E-state index is 10.9. The van der Waals surface area contributed by atoms with Crippen molar-refractivity contribution >= 4 is 7.60 Å². The maximum Gasteiger partial charge on any atom is 0.329 e. The number of methoxy groups -OCH3 is 1. The summed E-state index contributed by atoms with van der Waals surface area (Å²) >= 11 is 0. The zero-order chi connectivity index (χ0) is 8.74. The molecule has 68 valence electrons. The zero-order valence-electron chi connectivity index (χ0n) is 6.52. The lowest BCUT2D eigenvalue weighted by atomic mass is 10.8. The first-order chi connectivity index (χ1) is 5.12. The van der Waals surface area contributed by atoms with Gasteiger partial charge in [0.25, 0.3) is 0 Å². The average Bonchev–Trinajstić information content (AvgIpc) is 1.87. The number of ether oxygens (including phenoxy) is 1. The van der Waals surface area contributed by atoms with Crippen LogP contribution in [-0.4, -0.2) is 37.9 Å². The molecule has 11 heavy (non-hydrogen) atoms. The van der Waals surface area contributed by atoms with Crippen LogP contribution in [0.5, 0.6) is 0 Å². The molecule has 5 nitrogen and oxygen atoms in total. The van der Waals surface area contributed by atoms with Crippen LogP contribution < -0.4 is 5.73 Å². The summed E-state index contributed by atoms with van der Waals surface area (Å²) in [5.41, 5.74) is 5.08. The molecule has 0 saturated carbocycles. The van der Waals surface area contributed by atoms with Crippen LogP contribution in [0.15, 0.2) is 0 Å². The Balaban J connectivity index is 3.47. The molecular formula is C5H14NO4P. The Bertz CT molecular complexity index is 140. The van der Waals surface area contributed by atoms with Crippen molar-refractivity contribution in [1.29, 1.82) is 0 Å². The molecule has 1 atom stereocenters. The lowest BCUT2D eigenvalue weighted by Crippen LogP contribution is -2.09.